The van der Waals surface area contributed by atoms with Crippen molar-refractivity contribution in [3.8, 4) is 0 Å². The average molecular weight is 566 g/mol. The smallest absolute Gasteiger partial charge is 0.310 e. The quantitative estimate of drug-likeness (QED) is 0.425. The fourth-order valence-electron chi connectivity index (χ4n) is 6.04. The molecule has 0 saturated carbocycles. The van der Waals surface area contributed by atoms with Crippen LogP contribution in [-0.4, -0.2) is 93.0 Å². The molecular formula is C29H35N5O7. The Bertz CT molecular complexity index is 1340. The lowest BCUT2D eigenvalue weighted by Gasteiger charge is -2.47. The van der Waals surface area contributed by atoms with Crippen molar-refractivity contribution < 1.29 is 33.8 Å². The first-order valence-electron chi connectivity index (χ1n) is 14.1. The normalized spacial score (nSPS) is 26.5. The van der Waals surface area contributed by atoms with E-state index in [9.17, 15) is 29.1 Å². The molecule has 41 heavy (non-hydrogen) atoms. The molecule has 5 rings (SSSR count). The van der Waals surface area contributed by atoms with Crippen molar-refractivity contribution in [3.63, 3.8) is 0 Å². The van der Waals surface area contributed by atoms with Crippen LogP contribution >= 0.6 is 0 Å². The number of ether oxygens (including phenoxy) is 1. The molecule has 2 aromatic rings. The number of nitrogens with one attached hydrogen (secondary N) is 2. The van der Waals surface area contributed by atoms with Crippen molar-refractivity contribution in [1.29, 1.82) is 0 Å². The molecule has 3 N–H and O–H groups in total. The first-order chi connectivity index (χ1) is 19.7. The van der Waals surface area contributed by atoms with Crippen LogP contribution in [-0.2, 0) is 35.1 Å². The van der Waals surface area contributed by atoms with Gasteiger partial charge in [0.1, 0.15) is 12.1 Å². The zero-order chi connectivity index (χ0) is 29.1. The van der Waals surface area contributed by atoms with Gasteiger partial charge in [-0.05, 0) is 37.1 Å². The number of aryl methyl sites for hydroxylation is 1. The molecule has 4 heterocycles. The molecule has 0 bridgehead atoms. The number of fused-ring (bicyclic) bond motifs is 2. The third-order valence-corrected chi connectivity index (χ3v) is 8.12. The van der Waals surface area contributed by atoms with Crippen LogP contribution in [0.5, 0.6) is 0 Å². The largest absolute Gasteiger partial charge is 0.434 e. The number of aliphatic hydroxyl groups is 1. The number of aromatic nitrogens is 1. The van der Waals surface area contributed by atoms with E-state index in [1.54, 1.807) is 11.1 Å². The number of nitrogens with zero attached hydrogens (tertiary/aromatic N) is 3. The van der Waals surface area contributed by atoms with E-state index in [0.29, 0.717) is 32.2 Å². The summed E-state index contributed by atoms with van der Waals surface area (Å²) in [4.78, 5) is 71.2. The van der Waals surface area contributed by atoms with Gasteiger partial charge in [-0.25, -0.2) is 0 Å². The lowest BCUT2D eigenvalue weighted by Crippen LogP contribution is -2.67. The summed E-state index contributed by atoms with van der Waals surface area (Å²) in [5.41, 5.74) is 0.839. The van der Waals surface area contributed by atoms with Crippen LogP contribution in [0.2, 0.25) is 0 Å². The minimum atomic E-state index is -1.47. The molecule has 3 saturated heterocycles. The second-order valence-electron chi connectivity index (χ2n) is 11.0. The summed E-state index contributed by atoms with van der Waals surface area (Å²) < 4.78 is 4.72. The Kier molecular flexibility index (Phi) is 8.48. The van der Waals surface area contributed by atoms with Gasteiger partial charge in [0.05, 0.1) is 19.0 Å². The summed E-state index contributed by atoms with van der Waals surface area (Å²) in [5, 5.41) is 17.6. The van der Waals surface area contributed by atoms with Crippen LogP contribution in [0, 0.1) is 0 Å². The molecule has 1 aromatic carbocycles. The SMILES string of the molecule is CC(=O)N1CC2CCCC(NC(=O)CCc3nccc4ccccc34)CC(=O)N2C(C(=O)NC2CC(=O)OC2O)C1. The lowest BCUT2D eigenvalue weighted by molar-refractivity contribution is -0.157. The highest BCUT2D eigenvalue weighted by atomic mass is 16.6. The van der Waals surface area contributed by atoms with Gasteiger partial charge in [0.25, 0.3) is 0 Å². The summed E-state index contributed by atoms with van der Waals surface area (Å²) in [5.74, 6) is -1.88. The maximum atomic E-state index is 13.6. The predicted octanol–water partition coefficient (Wildman–Crippen LogP) is 0.404. The summed E-state index contributed by atoms with van der Waals surface area (Å²) in [6.45, 7) is 1.73. The number of hydrogen-bond donors (Lipinski definition) is 3. The van der Waals surface area contributed by atoms with E-state index in [1.807, 2.05) is 30.3 Å². The number of benzene rings is 1. The van der Waals surface area contributed by atoms with E-state index in [2.05, 4.69) is 15.6 Å². The van der Waals surface area contributed by atoms with Crippen LogP contribution in [0.25, 0.3) is 10.8 Å². The third kappa shape index (κ3) is 6.48. The van der Waals surface area contributed by atoms with Crippen LogP contribution in [0.4, 0.5) is 0 Å². The van der Waals surface area contributed by atoms with Gasteiger partial charge >= 0.3 is 5.97 Å². The number of pyridine rings is 1. The summed E-state index contributed by atoms with van der Waals surface area (Å²) in [6, 6.07) is 7.11. The van der Waals surface area contributed by atoms with Gasteiger partial charge in [0, 0.05) is 49.6 Å². The van der Waals surface area contributed by atoms with Crippen molar-refractivity contribution in [1.82, 2.24) is 25.4 Å². The van der Waals surface area contributed by atoms with E-state index in [4.69, 9.17) is 4.74 Å². The van der Waals surface area contributed by atoms with Gasteiger partial charge in [-0.2, -0.15) is 0 Å². The van der Waals surface area contributed by atoms with Crippen LogP contribution in [0.3, 0.4) is 0 Å². The Labute approximate surface area is 237 Å². The standard InChI is InChI=1S/C29H35N5O7/c1-17(35)33-15-20-7-4-6-19(31-25(36)10-9-22-21-8-3-2-5-18(21)11-12-30-22)13-26(37)34(20)24(16-33)28(39)32-23-14-27(38)41-29(23)40/h2-3,5,8,11-12,19-20,23-24,29,40H,4,6-7,9-10,13-16H2,1H3,(H,31,36)(H,32,39). The number of cyclic esters (lactones) is 1. The van der Waals surface area contributed by atoms with Gasteiger partial charge < -0.3 is 30.3 Å². The zero-order valence-electron chi connectivity index (χ0n) is 23.0. The molecule has 3 aliphatic rings. The highest BCUT2D eigenvalue weighted by molar-refractivity contribution is 5.91. The monoisotopic (exact) mass is 565 g/mol. The highest BCUT2D eigenvalue weighted by Crippen LogP contribution is 2.27. The van der Waals surface area contributed by atoms with Crippen molar-refractivity contribution >= 4 is 40.4 Å². The maximum Gasteiger partial charge on any atom is 0.310 e. The van der Waals surface area contributed by atoms with Gasteiger partial charge in [0.15, 0.2) is 0 Å². The number of rotatable bonds is 6. The molecule has 12 heteroatoms. The Morgan fingerprint density at radius 3 is 2.63 bits per heavy atom. The highest BCUT2D eigenvalue weighted by Gasteiger charge is 2.45. The topological polar surface area (TPSA) is 158 Å². The van der Waals surface area contributed by atoms with E-state index in [0.717, 1.165) is 16.5 Å². The van der Waals surface area contributed by atoms with Crippen LogP contribution < -0.4 is 10.6 Å². The second-order valence-corrected chi connectivity index (χ2v) is 11.0. The minimum Gasteiger partial charge on any atom is -0.434 e. The van der Waals surface area contributed by atoms with Crippen molar-refractivity contribution in [2.24, 2.45) is 0 Å². The third-order valence-electron chi connectivity index (χ3n) is 8.12. The Balaban J connectivity index is 1.24. The molecule has 0 radical (unpaired) electrons. The first kappa shape index (κ1) is 28.5. The maximum absolute atomic E-state index is 13.6. The zero-order valence-corrected chi connectivity index (χ0v) is 23.0. The summed E-state index contributed by atoms with van der Waals surface area (Å²) >= 11 is 0. The van der Waals surface area contributed by atoms with Crippen LogP contribution in [0.1, 0.15) is 51.1 Å². The van der Waals surface area contributed by atoms with Crippen molar-refractivity contribution in [2.45, 2.75) is 82.3 Å². The molecule has 12 nitrogen and oxygen atoms in total. The number of aliphatic hydroxyl groups excluding tert-OH is 1. The second kappa shape index (κ2) is 12.2. The molecule has 4 amide bonds. The number of esters is 1. The van der Waals surface area contributed by atoms with E-state index in [-0.39, 0.29) is 49.6 Å². The van der Waals surface area contributed by atoms with E-state index < -0.39 is 36.3 Å². The van der Waals surface area contributed by atoms with E-state index in [1.165, 1.54) is 11.8 Å². The number of piperazine rings is 1. The van der Waals surface area contributed by atoms with Crippen molar-refractivity contribution in [2.75, 3.05) is 13.1 Å². The summed E-state index contributed by atoms with van der Waals surface area (Å²) in [6.07, 6.45) is 2.62. The Hall–Kier alpha value is -4.06. The van der Waals surface area contributed by atoms with E-state index >= 15 is 0 Å². The Morgan fingerprint density at radius 2 is 1.88 bits per heavy atom. The molecule has 218 valence electrons. The Morgan fingerprint density at radius 1 is 1.07 bits per heavy atom. The molecule has 3 fully saturated rings. The summed E-state index contributed by atoms with van der Waals surface area (Å²) in [7, 11) is 0. The molecule has 3 aliphatic heterocycles. The van der Waals surface area contributed by atoms with Gasteiger partial charge in [-0.1, -0.05) is 24.3 Å². The average Bonchev–Trinajstić information content (AvgIpc) is 3.25. The molecule has 0 spiro atoms. The van der Waals surface area contributed by atoms with Gasteiger partial charge in [0.2, 0.25) is 29.9 Å². The molecule has 1 aromatic heterocycles. The van der Waals surface area contributed by atoms with Crippen molar-refractivity contribution in [3.05, 3.63) is 42.2 Å². The molecule has 0 aliphatic carbocycles. The van der Waals surface area contributed by atoms with Gasteiger partial charge in [-0.15, -0.1) is 0 Å². The fourth-order valence-corrected chi connectivity index (χ4v) is 6.04. The predicted molar refractivity (Wildman–Crippen MR) is 146 cm³/mol. The number of hydrogen-bond acceptors (Lipinski definition) is 8. The first-order valence-corrected chi connectivity index (χ1v) is 14.1. The molecule has 5 atom stereocenters. The molecule has 5 unspecified atom stereocenters. The van der Waals surface area contributed by atoms with Gasteiger partial charge in [-0.3, -0.25) is 29.0 Å². The number of amides is 4. The fraction of sp³-hybridized carbons (Fsp3) is 0.517. The van der Waals surface area contributed by atoms with Crippen LogP contribution in [0.15, 0.2) is 36.5 Å². The number of carbonyl (C=O) groups excluding carboxylic acids is 5. The lowest BCUT2D eigenvalue weighted by atomic mass is 9.93. The minimum absolute atomic E-state index is 0.00389. The number of carbonyl (C=O) groups is 5. The molecular weight excluding hydrogens is 530 g/mol.